The van der Waals surface area contributed by atoms with Crippen LogP contribution in [0.5, 0.6) is 0 Å². The van der Waals surface area contributed by atoms with Crippen molar-refractivity contribution >= 4 is 17.5 Å². The molecule has 0 radical (unpaired) electrons. The van der Waals surface area contributed by atoms with Gasteiger partial charge in [0.1, 0.15) is 0 Å². The Hall–Kier alpha value is -2.66. The molecule has 3 rings (SSSR count). The molecule has 0 saturated carbocycles. The molecule has 5 heteroatoms. The third-order valence-corrected chi connectivity index (χ3v) is 5.55. The first-order valence-corrected chi connectivity index (χ1v) is 10.5. The minimum Gasteiger partial charge on any atom is -0.352 e. The van der Waals surface area contributed by atoms with E-state index in [0.717, 1.165) is 24.3 Å². The Labute approximate surface area is 173 Å². The molecule has 29 heavy (non-hydrogen) atoms. The first-order chi connectivity index (χ1) is 14.0. The van der Waals surface area contributed by atoms with Crippen molar-refractivity contribution in [3.05, 3.63) is 65.2 Å². The third kappa shape index (κ3) is 6.43. The summed E-state index contributed by atoms with van der Waals surface area (Å²) in [7, 11) is 0. The topological polar surface area (TPSA) is 61.4 Å². The number of amides is 2. The first-order valence-electron chi connectivity index (χ1n) is 10.5. The predicted molar refractivity (Wildman–Crippen MR) is 116 cm³/mol. The molecule has 0 spiro atoms. The number of benzene rings is 2. The van der Waals surface area contributed by atoms with Crippen LogP contribution in [0, 0.1) is 0 Å². The summed E-state index contributed by atoms with van der Waals surface area (Å²) < 4.78 is 0. The Morgan fingerprint density at radius 1 is 1.03 bits per heavy atom. The Balaban J connectivity index is 1.54. The lowest BCUT2D eigenvalue weighted by atomic mass is 10.0. The zero-order valence-electron chi connectivity index (χ0n) is 17.4. The van der Waals surface area contributed by atoms with E-state index in [9.17, 15) is 9.59 Å². The summed E-state index contributed by atoms with van der Waals surface area (Å²) in [5.41, 5.74) is 4.13. The molecule has 1 aliphatic heterocycles. The van der Waals surface area contributed by atoms with Gasteiger partial charge in [0, 0.05) is 31.7 Å². The lowest BCUT2D eigenvalue weighted by Gasteiger charge is -2.33. The van der Waals surface area contributed by atoms with Gasteiger partial charge in [0.2, 0.25) is 11.8 Å². The second kappa shape index (κ2) is 10.2. The van der Waals surface area contributed by atoms with Gasteiger partial charge in [-0.3, -0.25) is 14.5 Å². The molecule has 1 atom stereocenters. The van der Waals surface area contributed by atoms with E-state index in [0.29, 0.717) is 19.0 Å². The molecule has 2 aromatic carbocycles. The smallest absolute Gasteiger partial charge is 0.224 e. The fourth-order valence-corrected chi connectivity index (χ4v) is 3.85. The van der Waals surface area contributed by atoms with Gasteiger partial charge in [-0.15, -0.1) is 0 Å². The monoisotopic (exact) mass is 393 g/mol. The van der Waals surface area contributed by atoms with E-state index in [1.165, 1.54) is 37.3 Å². The molecular weight excluding hydrogens is 362 g/mol. The van der Waals surface area contributed by atoms with E-state index in [-0.39, 0.29) is 11.8 Å². The van der Waals surface area contributed by atoms with Gasteiger partial charge in [0.15, 0.2) is 0 Å². The molecule has 154 valence electrons. The van der Waals surface area contributed by atoms with E-state index < -0.39 is 0 Å². The van der Waals surface area contributed by atoms with Crippen molar-refractivity contribution in [2.24, 2.45) is 0 Å². The molecule has 5 nitrogen and oxygen atoms in total. The van der Waals surface area contributed by atoms with Crippen LogP contribution < -0.4 is 10.6 Å². The number of anilines is 1. The quantitative estimate of drug-likeness (QED) is 0.750. The van der Waals surface area contributed by atoms with Crippen LogP contribution in [-0.2, 0) is 29.1 Å². The van der Waals surface area contributed by atoms with Gasteiger partial charge in [-0.25, -0.2) is 0 Å². The average molecular weight is 394 g/mol. The summed E-state index contributed by atoms with van der Waals surface area (Å²) in [5.74, 6) is -0.105. The van der Waals surface area contributed by atoms with Crippen LogP contribution in [0.15, 0.2) is 48.5 Å². The van der Waals surface area contributed by atoms with Crippen LogP contribution in [0.3, 0.4) is 0 Å². The van der Waals surface area contributed by atoms with E-state index in [1.807, 2.05) is 30.3 Å². The number of nitrogens with zero attached hydrogens (tertiary/aromatic N) is 1. The summed E-state index contributed by atoms with van der Waals surface area (Å²) >= 11 is 0. The molecule has 2 N–H and O–H groups in total. The van der Waals surface area contributed by atoms with Gasteiger partial charge < -0.3 is 10.6 Å². The van der Waals surface area contributed by atoms with E-state index in [2.05, 4.69) is 40.7 Å². The Kier molecular flexibility index (Phi) is 7.42. The van der Waals surface area contributed by atoms with Crippen molar-refractivity contribution in [1.82, 2.24) is 10.2 Å². The lowest BCUT2D eigenvalue weighted by molar-refractivity contribution is -0.120. The minimum absolute atomic E-state index is 0.00146. The Bertz CT molecular complexity index is 832. The van der Waals surface area contributed by atoms with E-state index >= 15 is 0 Å². The molecule has 0 unspecified atom stereocenters. The molecule has 1 heterocycles. The van der Waals surface area contributed by atoms with Gasteiger partial charge >= 0.3 is 0 Å². The van der Waals surface area contributed by atoms with Crippen LogP contribution in [0.25, 0.3) is 0 Å². The summed E-state index contributed by atoms with van der Waals surface area (Å²) in [4.78, 5) is 26.0. The van der Waals surface area contributed by atoms with E-state index in [1.54, 1.807) is 0 Å². The van der Waals surface area contributed by atoms with Crippen molar-refractivity contribution in [3.8, 4) is 0 Å². The fraction of sp³-hybridized carbons (Fsp3) is 0.417. The van der Waals surface area contributed by atoms with Gasteiger partial charge in [-0.1, -0.05) is 42.8 Å². The number of hydrogen-bond acceptors (Lipinski definition) is 3. The van der Waals surface area contributed by atoms with Crippen molar-refractivity contribution in [3.63, 3.8) is 0 Å². The molecule has 1 fully saturated rings. The summed E-state index contributed by atoms with van der Waals surface area (Å²) in [6.07, 6.45) is 4.18. The fourth-order valence-electron chi connectivity index (χ4n) is 3.85. The maximum absolute atomic E-state index is 12.4. The summed E-state index contributed by atoms with van der Waals surface area (Å²) in [6.45, 7) is 6.42. The molecule has 0 aliphatic carbocycles. The van der Waals surface area contributed by atoms with Crippen LogP contribution in [0.4, 0.5) is 5.69 Å². The average Bonchev–Trinajstić information content (AvgIpc) is 2.70. The van der Waals surface area contributed by atoms with Crippen LogP contribution in [0.1, 0.15) is 49.8 Å². The van der Waals surface area contributed by atoms with E-state index in [4.69, 9.17) is 0 Å². The largest absolute Gasteiger partial charge is 0.352 e. The highest BCUT2D eigenvalue weighted by atomic mass is 16.2. The molecule has 1 aliphatic rings. The minimum atomic E-state index is -0.104. The second-order valence-corrected chi connectivity index (χ2v) is 7.92. The predicted octanol–water partition coefficient (Wildman–Crippen LogP) is 3.88. The zero-order chi connectivity index (χ0) is 20.6. The van der Waals surface area contributed by atoms with Gasteiger partial charge in [-0.05, 0) is 55.1 Å². The summed E-state index contributed by atoms with van der Waals surface area (Å²) in [5, 5.41) is 5.79. The Morgan fingerprint density at radius 3 is 2.45 bits per heavy atom. The molecular formula is C24H31N3O2. The van der Waals surface area contributed by atoms with Crippen LogP contribution in [0.2, 0.25) is 0 Å². The molecule has 1 saturated heterocycles. The number of piperidine rings is 1. The molecule has 2 aromatic rings. The summed E-state index contributed by atoms with van der Waals surface area (Å²) in [6, 6.07) is 16.4. The standard InChI is InChI=1S/C24H31N3O2/c1-18-7-5-6-14-27(18)17-22-9-4-3-8-21(22)16-25-24(29)15-20-10-12-23(13-11-20)26-19(2)28/h3-4,8-13,18H,5-7,14-17H2,1-2H3,(H,25,29)(H,26,28)/t18-/m1/s1. The van der Waals surface area contributed by atoms with Gasteiger partial charge in [0.05, 0.1) is 6.42 Å². The zero-order valence-corrected chi connectivity index (χ0v) is 17.4. The lowest BCUT2D eigenvalue weighted by Crippen LogP contribution is -2.37. The normalized spacial score (nSPS) is 17.0. The van der Waals surface area contributed by atoms with Crippen LogP contribution >= 0.6 is 0 Å². The maximum atomic E-state index is 12.4. The van der Waals surface area contributed by atoms with Crippen molar-refractivity contribution < 1.29 is 9.59 Å². The highest BCUT2D eigenvalue weighted by Crippen LogP contribution is 2.21. The van der Waals surface area contributed by atoms with Gasteiger partial charge in [-0.2, -0.15) is 0 Å². The highest BCUT2D eigenvalue weighted by molar-refractivity contribution is 5.88. The van der Waals surface area contributed by atoms with Crippen molar-refractivity contribution in [1.29, 1.82) is 0 Å². The molecule has 0 bridgehead atoms. The Morgan fingerprint density at radius 2 is 1.76 bits per heavy atom. The second-order valence-electron chi connectivity index (χ2n) is 7.92. The van der Waals surface area contributed by atoms with Crippen LogP contribution in [-0.4, -0.2) is 29.3 Å². The number of nitrogens with one attached hydrogen (secondary N) is 2. The maximum Gasteiger partial charge on any atom is 0.224 e. The first kappa shape index (κ1) is 21.1. The van der Waals surface area contributed by atoms with Gasteiger partial charge in [0.25, 0.3) is 0 Å². The number of likely N-dealkylation sites (tertiary alicyclic amines) is 1. The molecule has 0 aromatic heterocycles. The number of carbonyl (C=O) groups excluding carboxylic acids is 2. The van der Waals surface area contributed by atoms with Crippen molar-refractivity contribution in [2.45, 2.75) is 58.7 Å². The third-order valence-electron chi connectivity index (χ3n) is 5.55. The number of carbonyl (C=O) groups is 2. The SMILES string of the molecule is CC(=O)Nc1ccc(CC(=O)NCc2ccccc2CN2CCCC[C@H]2C)cc1. The number of rotatable bonds is 7. The molecule has 2 amide bonds. The highest BCUT2D eigenvalue weighted by Gasteiger charge is 2.19. The van der Waals surface area contributed by atoms with Crippen molar-refractivity contribution in [2.75, 3.05) is 11.9 Å². The number of hydrogen-bond donors (Lipinski definition) is 2.